The van der Waals surface area contributed by atoms with Crippen LogP contribution in [0.5, 0.6) is 6.01 Å². The Morgan fingerprint density at radius 1 is 1.08 bits per heavy atom. The van der Waals surface area contributed by atoms with Gasteiger partial charge >= 0.3 is 6.01 Å². The van der Waals surface area contributed by atoms with Crippen LogP contribution >= 0.6 is 0 Å². The Kier molecular flexibility index (Phi) is 6.27. The molecule has 3 fully saturated rings. The van der Waals surface area contributed by atoms with Gasteiger partial charge in [0.05, 0.1) is 50.8 Å². The first-order valence-electron chi connectivity index (χ1n) is 12.7. The van der Waals surface area contributed by atoms with E-state index in [1.165, 1.54) is 0 Å². The van der Waals surface area contributed by atoms with E-state index in [9.17, 15) is 0 Å². The summed E-state index contributed by atoms with van der Waals surface area (Å²) in [6, 6.07) is 6.79. The highest BCUT2D eigenvalue weighted by Gasteiger charge is 2.36. The number of likely N-dealkylation sites (tertiary alicyclic amines) is 1. The molecule has 3 aliphatic rings. The van der Waals surface area contributed by atoms with Gasteiger partial charge in [-0.05, 0) is 50.1 Å². The third-order valence-corrected chi connectivity index (χ3v) is 7.71. The molecule has 0 bridgehead atoms. The van der Waals surface area contributed by atoms with Gasteiger partial charge in [-0.1, -0.05) is 0 Å². The molecule has 10 heteroatoms. The van der Waals surface area contributed by atoms with Crippen LogP contribution in [0.4, 0.5) is 10.2 Å². The molecule has 6 rings (SSSR count). The van der Waals surface area contributed by atoms with Crippen LogP contribution in [0.3, 0.4) is 0 Å². The number of benzene rings is 1. The maximum Gasteiger partial charge on any atom is 0.320 e. The van der Waals surface area contributed by atoms with Crippen molar-refractivity contribution in [2.75, 3.05) is 58.0 Å². The van der Waals surface area contributed by atoms with Crippen LogP contribution in [0.1, 0.15) is 30.4 Å². The molecule has 0 aliphatic carbocycles. The third-order valence-electron chi connectivity index (χ3n) is 7.71. The standard InChI is InChI=1S/C26H33FN6O3/c1-16-8-18-11-28-33(25-10-24(29-26(30-25)34-3)32-6-7-36-17(2)12-32)23(18)9-21(16)20-4-5-31(13-22(20)27)19-14-35-15-19/h8-11,17,19-20,22H,4-7,12-15H2,1-3H3/t17-,20?,22?/m0/s1. The lowest BCUT2D eigenvalue weighted by molar-refractivity contribution is -0.0807. The summed E-state index contributed by atoms with van der Waals surface area (Å²) in [5, 5.41) is 5.65. The van der Waals surface area contributed by atoms with E-state index in [1.54, 1.807) is 7.11 Å². The molecule has 3 saturated heterocycles. The highest BCUT2D eigenvalue weighted by molar-refractivity contribution is 5.82. The summed E-state index contributed by atoms with van der Waals surface area (Å²) in [4.78, 5) is 13.6. The number of aryl methyl sites for hydroxylation is 1. The Morgan fingerprint density at radius 2 is 1.92 bits per heavy atom. The number of ether oxygens (including phenoxy) is 3. The molecule has 3 atom stereocenters. The first-order valence-corrected chi connectivity index (χ1v) is 12.7. The Labute approximate surface area is 210 Å². The summed E-state index contributed by atoms with van der Waals surface area (Å²) in [7, 11) is 1.57. The molecular weight excluding hydrogens is 463 g/mol. The van der Waals surface area contributed by atoms with Crippen molar-refractivity contribution in [3.8, 4) is 11.8 Å². The highest BCUT2D eigenvalue weighted by atomic mass is 19.1. The normalized spacial score (nSPS) is 25.8. The van der Waals surface area contributed by atoms with Crippen molar-refractivity contribution in [2.45, 2.75) is 44.5 Å². The first kappa shape index (κ1) is 23.6. The molecule has 0 N–H and O–H groups in total. The largest absolute Gasteiger partial charge is 0.467 e. The fourth-order valence-electron chi connectivity index (χ4n) is 5.62. The van der Waals surface area contributed by atoms with Crippen molar-refractivity contribution in [2.24, 2.45) is 0 Å². The number of hydrogen-bond acceptors (Lipinski definition) is 8. The van der Waals surface area contributed by atoms with Gasteiger partial charge < -0.3 is 19.1 Å². The van der Waals surface area contributed by atoms with Gasteiger partial charge in [-0.2, -0.15) is 15.1 Å². The zero-order valence-corrected chi connectivity index (χ0v) is 21.1. The van der Waals surface area contributed by atoms with Gasteiger partial charge in [-0.15, -0.1) is 0 Å². The maximum absolute atomic E-state index is 15.5. The van der Waals surface area contributed by atoms with E-state index in [-0.39, 0.29) is 18.0 Å². The van der Waals surface area contributed by atoms with Gasteiger partial charge in [0.1, 0.15) is 12.0 Å². The van der Waals surface area contributed by atoms with E-state index in [1.807, 2.05) is 16.9 Å². The van der Waals surface area contributed by atoms with Gasteiger partial charge in [0.25, 0.3) is 0 Å². The van der Waals surface area contributed by atoms with Crippen molar-refractivity contribution in [3.63, 3.8) is 0 Å². The smallest absolute Gasteiger partial charge is 0.320 e. The highest BCUT2D eigenvalue weighted by Crippen LogP contribution is 2.36. The summed E-state index contributed by atoms with van der Waals surface area (Å²) in [5.41, 5.74) is 3.04. The van der Waals surface area contributed by atoms with E-state index in [2.05, 4.69) is 50.8 Å². The van der Waals surface area contributed by atoms with Crippen LogP contribution in [-0.2, 0) is 9.47 Å². The minimum Gasteiger partial charge on any atom is -0.467 e. The van der Waals surface area contributed by atoms with Crippen LogP contribution in [0.25, 0.3) is 16.7 Å². The Balaban J connectivity index is 1.34. The number of methoxy groups -OCH3 is 1. The Bertz CT molecular complexity index is 1250. The van der Waals surface area contributed by atoms with E-state index >= 15 is 4.39 Å². The number of anilines is 1. The lowest BCUT2D eigenvalue weighted by Crippen LogP contribution is -2.54. The van der Waals surface area contributed by atoms with E-state index in [0.717, 1.165) is 67.1 Å². The van der Waals surface area contributed by atoms with Crippen molar-refractivity contribution in [3.05, 3.63) is 35.5 Å². The summed E-state index contributed by atoms with van der Waals surface area (Å²) >= 11 is 0. The number of rotatable bonds is 5. The molecule has 0 amide bonds. The Morgan fingerprint density at radius 3 is 2.64 bits per heavy atom. The molecule has 36 heavy (non-hydrogen) atoms. The van der Waals surface area contributed by atoms with E-state index < -0.39 is 6.17 Å². The average molecular weight is 497 g/mol. The van der Waals surface area contributed by atoms with Crippen molar-refractivity contribution in [1.29, 1.82) is 0 Å². The summed E-state index contributed by atoms with van der Waals surface area (Å²) in [5.74, 6) is 1.26. The number of nitrogens with zero attached hydrogens (tertiary/aromatic N) is 6. The molecular formula is C26H33FN6O3. The predicted octanol–water partition coefficient (Wildman–Crippen LogP) is 2.88. The quantitative estimate of drug-likeness (QED) is 0.534. The fourth-order valence-corrected chi connectivity index (χ4v) is 5.62. The fraction of sp³-hybridized carbons (Fsp3) is 0.577. The molecule has 3 aromatic rings. The number of hydrogen-bond donors (Lipinski definition) is 0. The second kappa shape index (κ2) is 9.57. The summed E-state index contributed by atoms with van der Waals surface area (Å²) in [6.07, 6.45) is 1.83. The number of fused-ring (bicyclic) bond motifs is 1. The number of alkyl halides is 1. The topological polar surface area (TPSA) is 77.8 Å². The predicted molar refractivity (Wildman–Crippen MR) is 134 cm³/mol. The second-order valence-corrected chi connectivity index (χ2v) is 10.1. The van der Waals surface area contributed by atoms with Gasteiger partial charge in [0, 0.05) is 37.0 Å². The number of aromatic nitrogens is 4. The molecule has 0 saturated carbocycles. The van der Waals surface area contributed by atoms with Crippen LogP contribution in [-0.4, -0.2) is 96.1 Å². The van der Waals surface area contributed by atoms with E-state index in [4.69, 9.17) is 14.2 Å². The van der Waals surface area contributed by atoms with Gasteiger partial charge in [-0.25, -0.2) is 9.07 Å². The van der Waals surface area contributed by atoms with Crippen molar-refractivity contribution in [1.82, 2.24) is 24.6 Å². The second-order valence-electron chi connectivity index (χ2n) is 10.1. The minimum absolute atomic E-state index is 0.121. The molecule has 0 radical (unpaired) electrons. The summed E-state index contributed by atoms with van der Waals surface area (Å²) < 4.78 is 33.7. The molecule has 1 aromatic carbocycles. The molecule has 192 valence electrons. The van der Waals surface area contributed by atoms with Crippen LogP contribution in [0.15, 0.2) is 24.4 Å². The van der Waals surface area contributed by atoms with Crippen LogP contribution < -0.4 is 9.64 Å². The minimum atomic E-state index is -0.916. The van der Waals surface area contributed by atoms with E-state index in [0.29, 0.717) is 25.0 Å². The zero-order valence-electron chi connectivity index (χ0n) is 21.1. The van der Waals surface area contributed by atoms with Gasteiger partial charge in [-0.3, -0.25) is 4.90 Å². The Hall–Kier alpha value is -2.82. The van der Waals surface area contributed by atoms with Crippen molar-refractivity contribution < 1.29 is 18.6 Å². The number of morpholine rings is 1. The SMILES string of the molecule is COc1nc(N2CCO[C@@H](C)C2)cc(-n2ncc3cc(C)c(C4CCN(C5COC5)CC4F)cc32)n1. The zero-order chi connectivity index (χ0) is 24.8. The lowest BCUT2D eigenvalue weighted by Gasteiger charge is -2.43. The maximum atomic E-state index is 15.5. The third kappa shape index (κ3) is 4.31. The van der Waals surface area contributed by atoms with Crippen LogP contribution in [0, 0.1) is 6.92 Å². The molecule has 0 spiro atoms. The van der Waals surface area contributed by atoms with Crippen LogP contribution in [0.2, 0.25) is 0 Å². The van der Waals surface area contributed by atoms with Crippen molar-refractivity contribution >= 4 is 16.7 Å². The molecule has 9 nitrogen and oxygen atoms in total. The van der Waals surface area contributed by atoms with Gasteiger partial charge in [0.15, 0.2) is 5.82 Å². The number of piperidine rings is 1. The first-order chi connectivity index (χ1) is 17.5. The van der Waals surface area contributed by atoms with Gasteiger partial charge in [0.2, 0.25) is 0 Å². The molecule has 3 aliphatic heterocycles. The molecule has 5 heterocycles. The molecule has 2 unspecified atom stereocenters. The number of halogens is 1. The summed E-state index contributed by atoms with van der Waals surface area (Å²) in [6.45, 7) is 9.04. The monoisotopic (exact) mass is 496 g/mol. The molecule has 2 aromatic heterocycles. The lowest BCUT2D eigenvalue weighted by atomic mass is 9.84. The average Bonchev–Trinajstić information content (AvgIpc) is 3.25.